The molecular weight excluding hydrogens is 757 g/mol. The molecule has 61 heavy (non-hydrogen) atoms. The molecule has 362 valence electrons. The summed E-state index contributed by atoms with van der Waals surface area (Å²) in [4.78, 5) is 38.0. The highest BCUT2D eigenvalue weighted by Crippen LogP contribution is 2.18. The SMILES string of the molecule is CCCCCCCCCCCCCCCCC(=O)OC[C@@H](COC(=O)CCCCCCCCCC(C)C)OC(=O)CCCCCCCCCCCCCCCCCCC(C)C. The zero-order chi connectivity index (χ0) is 44.7. The van der Waals surface area contributed by atoms with Crippen molar-refractivity contribution in [3.05, 3.63) is 0 Å². The van der Waals surface area contributed by atoms with Crippen molar-refractivity contribution in [2.24, 2.45) is 11.8 Å². The van der Waals surface area contributed by atoms with E-state index in [0.29, 0.717) is 19.3 Å². The third-order valence-electron chi connectivity index (χ3n) is 12.5. The Morgan fingerprint density at radius 2 is 0.541 bits per heavy atom. The summed E-state index contributed by atoms with van der Waals surface area (Å²) in [6, 6.07) is 0. The fourth-order valence-corrected chi connectivity index (χ4v) is 8.34. The van der Waals surface area contributed by atoms with Gasteiger partial charge >= 0.3 is 17.9 Å². The van der Waals surface area contributed by atoms with E-state index >= 15 is 0 Å². The van der Waals surface area contributed by atoms with Gasteiger partial charge in [-0.05, 0) is 31.1 Å². The van der Waals surface area contributed by atoms with Gasteiger partial charge in [-0.2, -0.15) is 0 Å². The minimum absolute atomic E-state index is 0.0637. The van der Waals surface area contributed by atoms with E-state index in [9.17, 15) is 14.4 Å². The predicted molar refractivity (Wildman–Crippen MR) is 261 cm³/mol. The third kappa shape index (κ3) is 49.3. The number of esters is 3. The summed E-state index contributed by atoms with van der Waals surface area (Å²) in [7, 11) is 0. The van der Waals surface area contributed by atoms with Crippen LogP contribution in [0.3, 0.4) is 0 Å². The second kappa shape index (κ2) is 47.9. The fourth-order valence-electron chi connectivity index (χ4n) is 8.34. The molecule has 0 aromatic carbocycles. The molecule has 0 aliphatic carbocycles. The molecule has 0 aromatic rings. The van der Waals surface area contributed by atoms with Gasteiger partial charge in [0.05, 0.1) is 0 Å². The van der Waals surface area contributed by atoms with E-state index in [4.69, 9.17) is 14.2 Å². The molecule has 0 N–H and O–H groups in total. The molecule has 0 aromatic heterocycles. The highest BCUT2D eigenvalue weighted by molar-refractivity contribution is 5.71. The molecule has 0 bridgehead atoms. The van der Waals surface area contributed by atoms with Crippen molar-refractivity contribution >= 4 is 17.9 Å². The van der Waals surface area contributed by atoms with E-state index in [1.807, 2.05) is 0 Å². The lowest BCUT2D eigenvalue weighted by Gasteiger charge is -2.18. The molecular formula is C55H106O6. The summed E-state index contributed by atoms with van der Waals surface area (Å²) in [5, 5.41) is 0. The molecule has 0 fully saturated rings. The molecule has 0 saturated carbocycles. The van der Waals surface area contributed by atoms with E-state index < -0.39 is 6.10 Å². The normalized spacial score (nSPS) is 12.0. The second-order valence-electron chi connectivity index (χ2n) is 19.8. The minimum Gasteiger partial charge on any atom is -0.462 e. The Balaban J connectivity index is 4.25. The largest absolute Gasteiger partial charge is 0.462 e. The Kier molecular flexibility index (Phi) is 46.6. The summed E-state index contributed by atoms with van der Waals surface area (Å²) < 4.78 is 16.8. The smallest absolute Gasteiger partial charge is 0.306 e. The molecule has 0 aliphatic heterocycles. The van der Waals surface area contributed by atoms with Gasteiger partial charge in [0, 0.05) is 19.3 Å². The zero-order valence-electron chi connectivity index (χ0n) is 41.8. The van der Waals surface area contributed by atoms with Crippen molar-refractivity contribution in [1.82, 2.24) is 0 Å². The Labute approximate surface area is 380 Å². The van der Waals surface area contributed by atoms with Gasteiger partial charge in [-0.1, -0.05) is 266 Å². The quantitative estimate of drug-likeness (QED) is 0.0344. The Morgan fingerprint density at radius 3 is 0.803 bits per heavy atom. The lowest BCUT2D eigenvalue weighted by atomic mass is 10.0. The van der Waals surface area contributed by atoms with Crippen LogP contribution in [-0.4, -0.2) is 37.2 Å². The monoisotopic (exact) mass is 863 g/mol. The topological polar surface area (TPSA) is 78.9 Å². The van der Waals surface area contributed by atoms with E-state index in [2.05, 4.69) is 34.6 Å². The van der Waals surface area contributed by atoms with Crippen molar-refractivity contribution < 1.29 is 28.6 Å². The lowest BCUT2D eigenvalue weighted by Crippen LogP contribution is -2.30. The number of hydrogen-bond donors (Lipinski definition) is 0. The highest BCUT2D eigenvalue weighted by Gasteiger charge is 2.19. The number of carbonyl (C=O) groups excluding carboxylic acids is 3. The van der Waals surface area contributed by atoms with Crippen molar-refractivity contribution in [1.29, 1.82) is 0 Å². The Morgan fingerprint density at radius 1 is 0.311 bits per heavy atom. The predicted octanol–water partition coefficient (Wildman–Crippen LogP) is 17.7. The third-order valence-corrected chi connectivity index (χ3v) is 12.5. The van der Waals surface area contributed by atoms with Gasteiger partial charge in [-0.25, -0.2) is 0 Å². The molecule has 0 rings (SSSR count). The van der Waals surface area contributed by atoms with E-state index in [-0.39, 0.29) is 31.1 Å². The van der Waals surface area contributed by atoms with Crippen LogP contribution in [0, 0.1) is 11.8 Å². The lowest BCUT2D eigenvalue weighted by molar-refractivity contribution is -0.167. The van der Waals surface area contributed by atoms with Crippen molar-refractivity contribution in [3.8, 4) is 0 Å². The molecule has 0 amide bonds. The summed E-state index contributed by atoms with van der Waals surface area (Å²) in [5.74, 6) is 0.786. The second-order valence-corrected chi connectivity index (χ2v) is 19.8. The van der Waals surface area contributed by atoms with Crippen LogP contribution in [0.25, 0.3) is 0 Å². The molecule has 6 nitrogen and oxygen atoms in total. The fraction of sp³-hybridized carbons (Fsp3) is 0.945. The van der Waals surface area contributed by atoms with Crippen molar-refractivity contribution in [3.63, 3.8) is 0 Å². The molecule has 1 atom stereocenters. The van der Waals surface area contributed by atoms with Crippen LogP contribution in [0.2, 0.25) is 0 Å². The van der Waals surface area contributed by atoms with Crippen molar-refractivity contribution in [2.75, 3.05) is 13.2 Å². The van der Waals surface area contributed by atoms with E-state index in [1.54, 1.807) is 0 Å². The molecule has 0 unspecified atom stereocenters. The summed E-state index contributed by atoms with van der Waals surface area (Å²) in [6.07, 6.45) is 49.6. The molecule has 6 heteroatoms. The first kappa shape index (κ1) is 59.4. The number of carbonyl (C=O) groups is 3. The van der Waals surface area contributed by atoms with Gasteiger partial charge in [0.15, 0.2) is 6.10 Å². The van der Waals surface area contributed by atoms with Gasteiger partial charge in [0.25, 0.3) is 0 Å². The van der Waals surface area contributed by atoms with Gasteiger partial charge < -0.3 is 14.2 Å². The first-order valence-corrected chi connectivity index (χ1v) is 27.2. The van der Waals surface area contributed by atoms with Crippen LogP contribution < -0.4 is 0 Å². The van der Waals surface area contributed by atoms with Crippen LogP contribution in [0.15, 0.2) is 0 Å². The van der Waals surface area contributed by atoms with E-state index in [0.717, 1.165) is 69.6 Å². The average molecular weight is 863 g/mol. The minimum atomic E-state index is -0.762. The highest BCUT2D eigenvalue weighted by atomic mass is 16.6. The maximum absolute atomic E-state index is 12.8. The van der Waals surface area contributed by atoms with Gasteiger partial charge in [-0.3, -0.25) is 14.4 Å². The van der Waals surface area contributed by atoms with Crippen LogP contribution in [0.5, 0.6) is 0 Å². The Bertz CT molecular complexity index is 931. The van der Waals surface area contributed by atoms with Crippen LogP contribution in [0.4, 0.5) is 0 Å². The number of rotatable bonds is 49. The first-order chi connectivity index (χ1) is 29.7. The summed E-state index contributed by atoms with van der Waals surface area (Å²) in [5.41, 5.74) is 0. The number of hydrogen-bond acceptors (Lipinski definition) is 6. The molecule has 0 radical (unpaired) electrons. The van der Waals surface area contributed by atoms with Crippen molar-refractivity contribution in [2.45, 2.75) is 310 Å². The zero-order valence-corrected chi connectivity index (χ0v) is 41.8. The van der Waals surface area contributed by atoms with E-state index in [1.165, 1.54) is 193 Å². The average Bonchev–Trinajstić information content (AvgIpc) is 3.23. The summed E-state index contributed by atoms with van der Waals surface area (Å²) in [6.45, 7) is 11.4. The van der Waals surface area contributed by atoms with Gasteiger partial charge in [-0.15, -0.1) is 0 Å². The standard InChI is InChI=1S/C55H106O6/c1-6-7-8-9-10-11-12-13-19-22-25-30-35-40-45-53(56)59-48-52(49-60-54(57)46-41-36-32-27-29-34-39-44-51(4)5)61-55(58)47-42-37-31-26-23-20-17-15-14-16-18-21-24-28-33-38-43-50(2)3/h50-52H,6-49H2,1-5H3/t52-/m0/s1. The van der Waals surface area contributed by atoms with Crippen LogP contribution >= 0.6 is 0 Å². The molecule has 0 heterocycles. The first-order valence-electron chi connectivity index (χ1n) is 27.2. The molecule has 0 spiro atoms. The van der Waals surface area contributed by atoms with Gasteiger partial charge in [0.2, 0.25) is 0 Å². The maximum Gasteiger partial charge on any atom is 0.306 e. The number of unbranched alkanes of at least 4 members (excludes halogenated alkanes) is 34. The van der Waals surface area contributed by atoms with Crippen LogP contribution in [0.1, 0.15) is 304 Å². The molecule has 0 saturated heterocycles. The van der Waals surface area contributed by atoms with Gasteiger partial charge in [0.1, 0.15) is 13.2 Å². The maximum atomic E-state index is 12.8. The Hall–Kier alpha value is -1.59. The molecule has 0 aliphatic rings. The number of ether oxygens (including phenoxy) is 3. The summed E-state index contributed by atoms with van der Waals surface area (Å²) >= 11 is 0. The van der Waals surface area contributed by atoms with Crippen LogP contribution in [-0.2, 0) is 28.6 Å².